The van der Waals surface area contributed by atoms with Gasteiger partial charge in [-0.25, -0.2) is 4.79 Å². The zero-order valence-corrected chi connectivity index (χ0v) is 19.2. The van der Waals surface area contributed by atoms with Crippen LogP contribution in [0.2, 0.25) is 0 Å². The highest BCUT2D eigenvalue weighted by Gasteiger charge is 2.30. The number of amides is 3. The topological polar surface area (TPSA) is 116 Å². The zero-order chi connectivity index (χ0) is 23.9. The molecule has 176 valence electrons. The zero-order valence-electron chi connectivity index (χ0n) is 19.2. The third-order valence-electron chi connectivity index (χ3n) is 5.59. The number of rotatable bonds is 3. The third-order valence-corrected chi connectivity index (χ3v) is 5.59. The number of imide groups is 1. The molecule has 32 heavy (non-hydrogen) atoms. The number of carbonyl (C=O) groups is 4. The van der Waals surface area contributed by atoms with Gasteiger partial charge in [-0.15, -0.1) is 0 Å². The highest BCUT2D eigenvalue weighted by molar-refractivity contribution is 6.00. The summed E-state index contributed by atoms with van der Waals surface area (Å²) >= 11 is 0. The maximum absolute atomic E-state index is 12.3. The molecule has 0 bridgehead atoms. The van der Waals surface area contributed by atoms with Crippen LogP contribution in [0.3, 0.4) is 0 Å². The van der Waals surface area contributed by atoms with Gasteiger partial charge in [0.05, 0.1) is 5.92 Å². The summed E-state index contributed by atoms with van der Waals surface area (Å²) < 4.78 is 5.47. The van der Waals surface area contributed by atoms with Gasteiger partial charge < -0.3 is 19.6 Å². The first-order valence-corrected chi connectivity index (χ1v) is 10.8. The van der Waals surface area contributed by atoms with E-state index in [0.717, 1.165) is 37.2 Å². The summed E-state index contributed by atoms with van der Waals surface area (Å²) in [7, 11) is 1.81. The highest BCUT2D eigenvalue weighted by atomic mass is 16.6. The molecule has 0 radical (unpaired) electrons. The predicted molar refractivity (Wildman–Crippen MR) is 119 cm³/mol. The van der Waals surface area contributed by atoms with E-state index in [1.165, 1.54) is 0 Å². The standard InChI is InChI=1S/C22H31N3O4.CH2O2/c1-22(2,3)29-21(28)24(4)16-11-13-25(14-12-16)17-7-5-15(6-8-17)18-9-10-19(26)23-20(18)27;2-1-3/h5-8,16,18H,9-14H2,1-4H3,(H,23,26,27);1H,(H,2,3). The lowest BCUT2D eigenvalue weighted by atomic mass is 9.90. The predicted octanol–water partition coefficient (Wildman–Crippen LogP) is 2.74. The van der Waals surface area contributed by atoms with Crippen molar-refractivity contribution in [2.24, 2.45) is 0 Å². The maximum atomic E-state index is 12.3. The van der Waals surface area contributed by atoms with Crippen LogP contribution in [0.4, 0.5) is 10.5 Å². The molecule has 0 aromatic heterocycles. The number of carboxylic acid groups (broad SMARTS) is 1. The van der Waals surface area contributed by atoms with E-state index < -0.39 is 5.60 Å². The van der Waals surface area contributed by atoms with Crippen LogP contribution in [-0.2, 0) is 19.1 Å². The Labute approximate surface area is 188 Å². The van der Waals surface area contributed by atoms with Crippen LogP contribution in [0, 0.1) is 0 Å². The number of anilines is 1. The molecule has 3 amide bonds. The number of hydrogen-bond donors (Lipinski definition) is 2. The average Bonchev–Trinajstić information content (AvgIpc) is 2.73. The fraction of sp³-hybridized carbons (Fsp3) is 0.565. The number of ether oxygens (including phenoxy) is 1. The molecule has 0 spiro atoms. The number of carbonyl (C=O) groups excluding carboxylic acids is 3. The molecule has 2 fully saturated rings. The van der Waals surface area contributed by atoms with Gasteiger partial charge >= 0.3 is 6.09 Å². The van der Waals surface area contributed by atoms with Gasteiger partial charge in [0.25, 0.3) is 6.47 Å². The molecule has 2 saturated heterocycles. The fourth-order valence-electron chi connectivity index (χ4n) is 3.92. The van der Waals surface area contributed by atoms with Gasteiger partial charge in [0.2, 0.25) is 11.8 Å². The Balaban J connectivity index is 0.00000114. The van der Waals surface area contributed by atoms with Crippen LogP contribution >= 0.6 is 0 Å². The van der Waals surface area contributed by atoms with Crippen molar-refractivity contribution >= 4 is 30.1 Å². The van der Waals surface area contributed by atoms with E-state index in [4.69, 9.17) is 14.6 Å². The molecule has 1 aromatic carbocycles. The number of piperidine rings is 2. The minimum Gasteiger partial charge on any atom is -0.483 e. The van der Waals surface area contributed by atoms with E-state index in [-0.39, 0.29) is 36.3 Å². The van der Waals surface area contributed by atoms with Gasteiger partial charge in [-0.1, -0.05) is 12.1 Å². The van der Waals surface area contributed by atoms with Crippen molar-refractivity contribution in [2.75, 3.05) is 25.0 Å². The molecule has 2 heterocycles. The molecule has 0 aliphatic carbocycles. The SMILES string of the molecule is CN(C(=O)OC(C)(C)C)C1CCN(c2ccc(C3CCC(=O)NC3=O)cc2)CC1.O=CO. The fourth-order valence-corrected chi connectivity index (χ4v) is 3.92. The normalized spacial score (nSPS) is 19.4. The molecule has 0 saturated carbocycles. The van der Waals surface area contributed by atoms with Crippen molar-refractivity contribution in [3.63, 3.8) is 0 Å². The molecular formula is C23H33N3O6. The van der Waals surface area contributed by atoms with E-state index in [9.17, 15) is 14.4 Å². The van der Waals surface area contributed by atoms with Crippen molar-refractivity contribution in [3.05, 3.63) is 29.8 Å². The van der Waals surface area contributed by atoms with E-state index in [1.54, 1.807) is 4.90 Å². The van der Waals surface area contributed by atoms with E-state index in [0.29, 0.717) is 12.8 Å². The molecule has 9 heteroatoms. The van der Waals surface area contributed by atoms with Gasteiger partial charge in [0, 0.05) is 38.3 Å². The molecule has 1 atom stereocenters. The first-order valence-electron chi connectivity index (χ1n) is 10.8. The minimum atomic E-state index is -0.490. The van der Waals surface area contributed by atoms with Gasteiger partial charge in [-0.2, -0.15) is 0 Å². The van der Waals surface area contributed by atoms with Crippen LogP contribution in [0.15, 0.2) is 24.3 Å². The molecule has 1 unspecified atom stereocenters. The summed E-state index contributed by atoms with van der Waals surface area (Å²) in [6.07, 6.45) is 2.43. The molecule has 2 aliphatic heterocycles. The second-order valence-corrected chi connectivity index (χ2v) is 9.01. The summed E-state index contributed by atoms with van der Waals surface area (Å²) in [5, 5.41) is 9.30. The summed E-state index contributed by atoms with van der Waals surface area (Å²) in [6, 6.07) is 8.21. The Bertz CT molecular complexity index is 810. The van der Waals surface area contributed by atoms with E-state index in [2.05, 4.69) is 10.2 Å². The van der Waals surface area contributed by atoms with E-state index in [1.807, 2.05) is 52.1 Å². The lowest BCUT2D eigenvalue weighted by molar-refractivity contribution is -0.134. The second-order valence-electron chi connectivity index (χ2n) is 9.01. The van der Waals surface area contributed by atoms with Crippen LogP contribution in [-0.4, -0.2) is 66.2 Å². The molecule has 1 aromatic rings. The van der Waals surface area contributed by atoms with Crippen molar-refractivity contribution in [2.45, 2.75) is 64.0 Å². The van der Waals surface area contributed by atoms with Crippen molar-refractivity contribution in [1.29, 1.82) is 0 Å². The quantitative estimate of drug-likeness (QED) is 0.541. The average molecular weight is 448 g/mol. The van der Waals surface area contributed by atoms with Gasteiger partial charge in [0.1, 0.15) is 5.60 Å². The van der Waals surface area contributed by atoms with Gasteiger partial charge in [-0.05, 0) is 57.7 Å². The number of nitrogens with zero attached hydrogens (tertiary/aromatic N) is 2. The van der Waals surface area contributed by atoms with Crippen LogP contribution in [0.1, 0.15) is 57.9 Å². The van der Waals surface area contributed by atoms with Crippen LogP contribution in [0.25, 0.3) is 0 Å². The largest absolute Gasteiger partial charge is 0.483 e. The Hall–Kier alpha value is -3.10. The van der Waals surface area contributed by atoms with Gasteiger partial charge in [-0.3, -0.25) is 19.7 Å². The Kier molecular flexibility index (Phi) is 8.63. The Morgan fingerprint density at radius 3 is 2.22 bits per heavy atom. The molecular weight excluding hydrogens is 414 g/mol. The summed E-state index contributed by atoms with van der Waals surface area (Å²) in [5.74, 6) is -0.656. The van der Waals surface area contributed by atoms with Crippen molar-refractivity contribution in [1.82, 2.24) is 10.2 Å². The maximum Gasteiger partial charge on any atom is 0.410 e. The third kappa shape index (κ3) is 6.96. The van der Waals surface area contributed by atoms with E-state index >= 15 is 0 Å². The molecule has 2 N–H and O–H groups in total. The summed E-state index contributed by atoms with van der Waals surface area (Å²) in [5.41, 5.74) is 1.56. The Morgan fingerprint density at radius 1 is 1.16 bits per heavy atom. The number of hydrogen-bond acceptors (Lipinski definition) is 6. The van der Waals surface area contributed by atoms with Gasteiger partial charge in [0.15, 0.2) is 0 Å². The molecule has 3 rings (SSSR count). The lowest BCUT2D eigenvalue weighted by Crippen LogP contribution is -2.47. The first kappa shape index (κ1) is 25.2. The lowest BCUT2D eigenvalue weighted by Gasteiger charge is -2.38. The summed E-state index contributed by atoms with van der Waals surface area (Å²) in [4.78, 5) is 48.0. The number of benzene rings is 1. The molecule has 9 nitrogen and oxygen atoms in total. The smallest absolute Gasteiger partial charge is 0.410 e. The second kappa shape index (κ2) is 11.0. The van der Waals surface area contributed by atoms with Crippen LogP contribution < -0.4 is 10.2 Å². The molecule has 2 aliphatic rings. The van der Waals surface area contributed by atoms with Crippen molar-refractivity contribution in [3.8, 4) is 0 Å². The van der Waals surface area contributed by atoms with Crippen molar-refractivity contribution < 1.29 is 29.0 Å². The highest BCUT2D eigenvalue weighted by Crippen LogP contribution is 2.28. The van der Waals surface area contributed by atoms with Crippen LogP contribution in [0.5, 0.6) is 0 Å². The summed E-state index contributed by atoms with van der Waals surface area (Å²) in [6.45, 7) is 7.09. The Morgan fingerprint density at radius 2 is 1.72 bits per heavy atom. The minimum absolute atomic E-state index is 0.170. The first-order chi connectivity index (χ1) is 15.1. The number of nitrogens with one attached hydrogen (secondary N) is 1. The monoisotopic (exact) mass is 447 g/mol.